The van der Waals surface area contributed by atoms with Crippen molar-refractivity contribution >= 4 is 44.4 Å². The van der Waals surface area contributed by atoms with Crippen LogP contribution in [0.25, 0.3) is 16.8 Å². The summed E-state index contributed by atoms with van der Waals surface area (Å²) in [5, 5.41) is 14.1. The zero-order chi connectivity index (χ0) is 16.9. The molecule has 0 unspecified atom stereocenters. The Morgan fingerprint density at radius 1 is 1.00 bits per heavy atom. The van der Waals surface area contributed by atoms with E-state index in [4.69, 9.17) is 0 Å². The van der Waals surface area contributed by atoms with Crippen LogP contribution in [0.5, 0.6) is 0 Å². The highest BCUT2D eigenvalue weighted by Gasteiger charge is 2.11. The van der Waals surface area contributed by atoms with Crippen molar-refractivity contribution in [3.63, 3.8) is 0 Å². The minimum atomic E-state index is -0.426. The van der Waals surface area contributed by atoms with E-state index in [1.807, 2.05) is 72.8 Å². The summed E-state index contributed by atoms with van der Waals surface area (Å²) >= 11 is 3.42. The molecular weight excluding hydrogens is 364 g/mol. The van der Waals surface area contributed by atoms with Gasteiger partial charge in [-0.15, -0.1) is 0 Å². The Hall–Kier alpha value is -2.90. The van der Waals surface area contributed by atoms with E-state index in [0.29, 0.717) is 5.69 Å². The molecule has 0 aliphatic heterocycles. The molecule has 4 heteroatoms. The molecule has 0 radical (unpaired) electrons. The minimum absolute atomic E-state index is 0.0508. The minimum Gasteiger partial charge on any atom is -0.321 e. The summed E-state index contributed by atoms with van der Waals surface area (Å²) in [5.41, 5.74) is 1.52. The summed E-state index contributed by atoms with van der Waals surface area (Å²) in [6.07, 6.45) is 1.57. The van der Waals surface area contributed by atoms with Crippen LogP contribution in [0, 0.1) is 11.3 Å². The summed E-state index contributed by atoms with van der Waals surface area (Å²) in [6.45, 7) is 0. The molecule has 0 spiro atoms. The summed E-state index contributed by atoms with van der Waals surface area (Å²) in [4.78, 5) is 12.5. The molecule has 0 heterocycles. The Kier molecular flexibility index (Phi) is 4.74. The van der Waals surface area contributed by atoms with Crippen molar-refractivity contribution in [3.8, 4) is 6.07 Å². The zero-order valence-electron chi connectivity index (χ0n) is 12.7. The van der Waals surface area contributed by atoms with Gasteiger partial charge in [0.25, 0.3) is 5.91 Å². The fraction of sp³-hybridized carbons (Fsp3) is 0. The first-order valence-corrected chi connectivity index (χ1v) is 8.14. The van der Waals surface area contributed by atoms with E-state index in [1.165, 1.54) is 0 Å². The topological polar surface area (TPSA) is 52.9 Å². The number of carbonyl (C=O) groups is 1. The first-order valence-electron chi connectivity index (χ1n) is 7.34. The number of hydrogen-bond acceptors (Lipinski definition) is 2. The number of nitriles is 1. The number of anilines is 1. The Morgan fingerprint density at radius 2 is 1.71 bits per heavy atom. The van der Waals surface area contributed by atoms with Gasteiger partial charge in [0.1, 0.15) is 11.6 Å². The van der Waals surface area contributed by atoms with Gasteiger partial charge in [-0.3, -0.25) is 4.79 Å². The highest BCUT2D eigenvalue weighted by molar-refractivity contribution is 9.10. The molecule has 24 heavy (non-hydrogen) atoms. The second kappa shape index (κ2) is 7.12. The average molecular weight is 377 g/mol. The van der Waals surface area contributed by atoms with Gasteiger partial charge in [0.2, 0.25) is 0 Å². The average Bonchev–Trinajstić information content (AvgIpc) is 2.61. The molecule has 0 saturated carbocycles. The van der Waals surface area contributed by atoms with Crippen molar-refractivity contribution in [3.05, 3.63) is 82.3 Å². The second-order valence-electron chi connectivity index (χ2n) is 5.17. The van der Waals surface area contributed by atoms with E-state index in [-0.39, 0.29) is 5.57 Å². The van der Waals surface area contributed by atoms with E-state index in [0.717, 1.165) is 20.8 Å². The van der Waals surface area contributed by atoms with E-state index < -0.39 is 5.91 Å². The van der Waals surface area contributed by atoms with Gasteiger partial charge in [0.05, 0.1) is 0 Å². The SMILES string of the molecule is N#CC(=Cc1ccccc1Br)C(=O)Nc1cccc2ccccc12. The fourth-order valence-electron chi connectivity index (χ4n) is 2.42. The summed E-state index contributed by atoms with van der Waals surface area (Å²) in [6, 6.07) is 22.9. The van der Waals surface area contributed by atoms with Crippen LogP contribution in [0.1, 0.15) is 5.56 Å². The number of nitrogens with one attached hydrogen (secondary N) is 1. The quantitative estimate of drug-likeness (QED) is 0.507. The highest BCUT2D eigenvalue weighted by atomic mass is 79.9. The summed E-state index contributed by atoms with van der Waals surface area (Å²) in [7, 11) is 0. The van der Waals surface area contributed by atoms with Crippen LogP contribution < -0.4 is 5.32 Å². The standard InChI is InChI=1S/C20H13BrN2O/c21-18-10-4-2-7-15(18)12-16(13-22)20(24)23-19-11-5-8-14-6-1-3-9-17(14)19/h1-12H,(H,23,24). The third-order valence-corrected chi connectivity index (χ3v) is 4.33. The van der Waals surface area contributed by atoms with Crippen LogP contribution in [0.4, 0.5) is 5.69 Å². The van der Waals surface area contributed by atoms with Crippen LogP contribution in [0.2, 0.25) is 0 Å². The number of halogens is 1. The van der Waals surface area contributed by atoms with Crippen LogP contribution in [0.15, 0.2) is 76.8 Å². The van der Waals surface area contributed by atoms with Crippen molar-refractivity contribution in [1.29, 1.82) is 5.26 Å². The molecule has 0 atom stereocenters. The molecule has 1 amide bonds. The number of carbonyl (C=O) groups excluding carboxylic acids is 1. The number of amides is 1. The molecule has 3 aromatic carbocycles. The predicted octanol–water partition coefficient (Wildman–Crippen LogP) is 5.15. The Bertz CT molecular complexity index is 981. The molecule has 3 aromatic rings. The molecule has 0 aromatic heterocycles. The van der Waals surface area contributed by atoms with Gasteiger partial charge in [-0.2, -0.15) is 5.26 Å². The van der Waals surface area contributed by atoms with Gasteiger partial charge in [0.15, 0.2) is 0 Å². The lowest BCUT2D eigenvalue weighted by Crippen LogP contribution is -2.13. The van der Waals surface area contributed by atoms with Gasteiger partial charge >= 0.3 is 0 Å². The van der Waals surface area contributed by atoms with Crippen molar-refractivity contribution in [2.24, 2.45) is 0 Å². The van der Waals surface area contributed by atoms with Crippen molar-refractivity contribution in [2.75, 3.05) is 5.32 Å². The zero-order valence-corrected chi connectivity index (χ0v) is 14.2. The first kappa shape index (κ1) is 16.0. The monoisotopic (exact) mass is 376 g/mol. The molecule has 0 aliphatic rings. The first-order chi connectivity index (χ1) is 11.7. The molecular formula is C20H13BrN2O. The summed E-state index contributed by atoms with van der Waals surface area (Å²) < 4.78 is 0.829. The van der Waals surface area contributed by atoms with Crippen LogP contribution in [-0.2, 0) is 4.79 Å². The highest BCUT2D eigenvalue weighted by Crippen LogP contribution is 2.24. The maximum atomic E-state index is 12.5. The van der Waals surface area contributed by atoms with E-state index >= 15 is 0 Å². The van der Waals surface area contributed by atoms with Crippen LogP contribution in [0.3, 0.4) is 0 Å². The molecule has 3 rings (SSSR count). The molecule has 0 saturated heterocycles. The smallest absolute Gasteiger partial charge is 0.266 e. The second-order valence-corrected chi connectivity index (χ2v) is 6.03. The van der Waals surface area contributed by atoms with E-state index in [9.17, 15) is 10.1 Å². The van der Waals surface area contributed by atoms with E-state index in [1.54, 1.807) is 6.08 Å². The van der Waals surface area contributed by atoms with E-state index in [2.05, 4.69) is 21.2 Å². The molecule has 0 fully saturated rings. The summed E-state index contributed by atoms with van der Waals surface area (Å²) in [5.74, 6) is -0.426. The number of rotatable bonds is 3. The van der Waals surface area contributed by atoms with Crippen LogP contribution in [-0.4, -0.2) is 5.91 Å². The van der Waals surface area contributed by atoms with Gasteiger partial charge in [-0.25, -0.2) is 0 Å². The Balaban J connectivity index is 1.93. The number of nitrogens with zero attached hydrogens (tertiary/aromatic N) is 1. The van der Waals surface area contributed by atoms with Crippen LogP contribution >= 0.6 is 15.9 Å². The Morgan fingerprint density at radius 3 is 2.50 bits per heavy atom. The third-order valence-electron chi connectivity index (χ3n) is 3.61. The largest absolute Gasteiger partial charge is 0.321 e. The lowest BCUT2D eigenvalue weighted by molar-refractivity contribution is -0.112. The third kappa shape index (κ3) is 3.37. The lowest BCUT2D eigenvalue weighted by Gasteiger charge is -2.08. The lowest BCUT2D eigenvalue weighted by atomic mass is 10.1. The fourth-order valence-corrected chi connectivity index (χ4v) is 2.82. The predicted molar refractivity (Wildman–Crippen MR) is 100 cm³/mol. The molecule has 3 nitrogen and oxygen atoms in total. The van der Waals surface area contributed by atoms with Crippen molar-refractivity contribution in [2.45, 2.75) is 0 Å². The van der Waals surface area contributed by atoms with Gasteiger partial charge in [0, 0.05) is 15.5 Å². The molecule has 116 valence electrons. The van der Waals surface area contributed by atoms with Crippen molar-refractivity contribution < 1.29 is 4.79 Å². The maximum Gasteiger partial charge on any atom is 0.266 e. The van der Waals surface area contributed by atoms with Gasteiger partial charge < -0.3 is 5.32 Å². The maximum absolute atomic E-state index is 12.5. The van der Waals surface area contributed by atoms with Gasteiger partial charge in [-0.05, 0) is 29.2 Å². The number of fused-ring (bicyclic) bond motifs is 1. The normalized spacial score (nSPS) is 11.1. The number of hydrogen-bond donors (Lipinski definition) is 1. The molecule has 0 bridgehead atoms. The molecule has 1 N–H and O–H groups in total. The Labute approximate surface area is 148 Å². The molecule has 0 aliphatic carbocycles. The number of benzene rings is 3. The van der Waals surface area contributed by atoms with Crippen molar-refractivity contribution in [1.82, 2.24) is 0 Å². The van der Waals surface area contributed by atoms with Gasteiger partial charge in [-0.1, -0.05) is 70.5 Å².